The molecule has 1 fully saturated rings. The van der Waals surface area contributed by atoms with Crippen LogP contribution in [-0.2, 0) is 4.79 Å². The van der Waals surface area contributed by atoms with Crippen LogP contribution < -0.4 is 15.4 Å². The molecule has 1 heterocycles. The van der Waals surface area contributed by atoms with Crippen molar-refractivity contribution in [2.24, 2.45) is 0 Å². The minimum atomic E-state index is -0.483. The Morgan fingerprint density at radius 2 is 1.96 bits per heavy atom. The first kappa shape index (κ1) is 22.7. The van der Waals surface area contributed by atoms with Gasteiger partial charge in [-0.3, -0.25) is 4.79 Å². The first-order valence-corrected chi connectivity index (χ1v) is 9.45. The quantitative estimate of drug-likeness (QED) is 0.678. The van der Waals surface area contributed by atoms with Crippen LogP contribution >= 0.6 is 12.4 Å². The van der Waals surface area contributed by atoms with Gasteiger partial charge in [0.05, 0.1) is 0 Å². The zero-order valence-electron chi connectivity index (χ0n) is 16.5. The molecule has 1 amide bonds. The van der Waals surface area contributed by atoms with Gasteiger partial charge in [0, 0.05) is 32.7 Å². The van der Waals surface area contributed by atoms with Crippen molar-refractivity contribution in [2.45, 2.75) is 46.1 Å². The Morgan fingerprint density at radius 1 is 1.27 bits per heavy atom. The average molecular weight is 384 g/mol. The van der Waals surface area contributed by atoms with Crippen LogP contribution in [0.3, 0.4) is 0 Å². The summed E-state index contributed by atoms with van der Waals surface area (Å²) in [4.78, 5) is 14.6. The van der Waals surface area contributed by atoms with E-state index < -0.39 is 6.10 Å². The molecule has 0 radical (unpaired) electrons. The summed E-state index contributed by atoms with van der Waals surface area (Å²) in [6, 6.07) is 6.06. The van der Waals surface area contributed by atoms with Gasteiger partial charge >= 0.3 is 0 Å². The Morgan fingerprint density at radius 3 is 2.58 bits per heavy atom. The van der Waals surface area contributed by atoms with E-state index in [0.717, 1.165) is 44.9 Å². The average Bonchev–Trinajstić information content (AvgIpc) is 2.59. The van der Waals surface area contributed by atoms with E-state index in [4.69, 9.17) is 4.74 Å². The van der Waals surface area contributed by atoms with Gasteiger partial charge in [-0.1, -0.05) is 19.9 Å². The lowest BCUT2D eigenvalue weighted by Crippen LogP contribution is -2.44. The van der Waals surface area contributed by atoms with Crippen molar-refractivity contribution in [3.8, 4) is 5.75 Å². The van der Waals surface area contributed by atoms with Crippen molar-refractivity contribution < 1.29 is 9.53 Å². The lowest BCUT2D eigenvalue weighted by molar-refractivity contribution is -0.127. The Bertz CT molecular complexity index is 560. The molecule has 148 valence electrons. The van der Waals surface area contributed by atoms with Gasteiger partial charge in [0.25, 0.3) is 5.91 Å². The maximum absolute atomic E-state index is 12.2. The highest BCUT2D eigenvalue weighted by Gasteiger charge is 2.15. The van der Waals surface area contributed by atoms with Gasteiger partial charge in [-0.15, -0.1) is 12.4 Å². The van der Waals surface area contributed by atoms with Crippen molar-refractivity contribution in [1.82, 2.24) is 15.5 Å². The number of halogens is 1. The molecular weight excluding hydrogens is 350 g/mol. The number of hydrogen-bond acceptors (Lipinski definition) is 4. The Hall–Kier alpha value is -1.30. The summed E-state index contributed by atoms with van der Waals surface area (Å²) in [5, 5.41) is 6.33. The minimum absolute atomic E-state index is 0. The number of ether oxygens (including phenoxy) is 1. The Labute approximate surface area is 164 Å². The monoisotopic (exact) mass is 383 g/mol. The van der Waals surface area contributed by atoms with Gasteiger partial charge in [0.1, 0.15) is 5.75 Å². The molecule has 1 aromatic carbocycles. The van der Waals surface area contributed by atoms with E-state index >= 15 is 0 Å². The second-order valence-electron chi connectivity index (χ2n) is 7.17. The summed E-state index contributed by atoms with van der Waals surface area (Å²) in [5.41, 5.74) is 2.52. The third-order valence-corrected chi connectivity index (χ3v) is 4.71. The number of carbonyl (C=O) groups is 1. The number of carbonyl (C=O) groups excluding carboxylic acids is 1. The van der Waals surface area contributed by atoms with Gasteiger partial charge in [0.15, 0.2) is 6.10 Å². The van der Waals surface area contributed by atoms with Gasteiger partial charge in [-0.25, -0.2) is 0 Å². The van der Waals surface area contributed by atoms with Gasteiger partial charge in [0.2, 0.25) is 0 Å². The molecule has 0 saturated carbocycles. The lowest BCUT2D eigenvalue weighted by Gasteiger charge is -2.27. The van der Waals surface area contributed by atoms with Crippen LogP contribution in [0.15, 0.2) is 18.2 Å². The van der Waals surface area contributed by atoms with Gasteiger partial charge in [-0.05, 0) is 56.0 Å². The molecule has 5 nitrogen and oxygen atoms in total. The van der Waals surface area contributed by atoms with Crippen LogP contribution in [0.25, 0.3) is 0 Å². The number of nitrogens with zero attached hydrogens (tertiary/aromatic N) is 1. The van der Waals surface area contributed by atoms with Crippen LogP contribution in [0.2, 0.25) is 0 Å². The van der Waals surface area contributed by atoms with E-state index in [0.29, 0.717) is 12.5 Å². The molecule has 0 spiro atoms. The van der Waals surface area contributed by atoms with Crippen LogP contribution in [0.5, 0.6) is 5.75 Å². The molecule has 2 N–H and O–H groups in total. The number of hydrogen-bond donors (Lipinski definition) is 2. The van der Waals surface area contributed by atoms with Crippen molar-refractivity contribution in [2.75, 3.05) is 39.3 Å². The molecule has 2 rings (SSSR count). The Balaban J connectivity index is 0.00000338. The summed E-state index contributed by atoms with van der Waals surface area (Å²) >= 11 is 0. The molecule has 1 aromatic rings. The fourth-order valence-electron chi connectivity index (χ4n) is 3.22. The smallest absolute Gasteiger partial charge is 0.260 e. The van der Waals surface area contributed by atoms with Crippen molar-refractivity contribution in [3.63, 3.8) is 0 Å². The second-order valence-corrected chi connectivity index (χ2v) is 7.17. The predicted octanol–water partition coefficient (Wildman–Crippen LogP) is 2.72. The maximum atomic E-state index is 12.2. The van der Waals surface area contributed by atoms with Crippen molar-refractivity contribution in [3.05, 3.63) is 29.3 Å². The van der Waals surface area contributed by atoms with Gasteiger partial charge < -0.3 is 20.3 Å². The van der Waals surface area contributed by atoms with E-state index in [9.17, 15) is 4.79 Å². The highest BCUT2D eigenvalue weighted by Crippen LogP contribution is 2.24. The number of piperazine rings is 1. The maximum Gasteiger partial charge on any atom is 0.260 e. The van der Waals surface area contributed by atoms with E-state index in [1.165, 1.54) is 11.1 Å². The molecule has 26 heavy (non-hydrogen) atoms. The van der Waals surface area contributed by atoms with Crippen molar-refractivity contribution >= 4 is 18.3 Å². The van der Waals surface area contributed by atoms with E-state index in [2.05, 4.69) is 42.4 Å². The summed E-state index contributed by atoms with van der Waals surface area (Å²) in [5.74, 6) is 1.20. The van der Waals surface area contributed by atoms with Crippen LogP contribution in [0, 0.1) is 6.92 Å². The molecular formula is C20H34ClN3O2. The molecule has 0 aromatic heterocycles. The number of nitrogens with one attached hydrogen (secondary N) is 2. The van der Waals surface area contributed by atoms with Gasteiger partial charge in [-0.2, -0.15) is 0 Å². The molecule has 1 aliphatic rings. The second kappa shape index (κ2) is 11.4. The fourth-order valence-corrected chi connectivity index (χ4v) is 3.22. The molecule has 1 saturated heterocycles. The number of rotatable bonds is 8. The zero-order valence-corrected chi connectivity index (χ0v) is 17.3. The summed E-state index contributed by atoms with van der Waals surface area (Å²) in [6.07, 6.45) is 0.490. The number of aryl methyl sites for hydroxylation is 1. The molecule has 0 aliphatic carbocycles. The number of benzene rings is 1. The standard InChI is InChI=1S/C20H33N3O2.ClH/c1-15(2)19-7-6-18(14-16(19)3)25-17(4)20(24)22-8-5-11-23-12-9-21-10-13-23;/h6-7,14-15,17,21H,5,8-13H2,1-4H3,(H,22,24);1H. The predicted molar refractivity (Wildman–Crippen MR) is 110 cm³/mol. The molecule has 1 atom stereocenters. The van der Waals surface area contributed by atoms with E-state index in [1.807, 2.05) is 12.1 Å². The zero-order chi connectivity index (χ0) is 18.2. The fraction of sp³-hybridized carbons (Fsp3) is 0.650. The SMILES string of the molecule is Cc1cc(OC(C)C(=O)NCCCN2CCNCC2)ccc1C(C)C.Cl. The molecule has 6 heteroatoms. The summed E-state index contributed by atoms with van der Waals surface area (Å²) in [7, 11) is 0. The molecule has 1 aliphatic heterocycles. The largest absolute Gasteiger partial charge is 0.481 e. The summed E-state index contributed by atoms with van der Waals surface area (Å²) < 4.78 is 5.81. The van der Waals surface area contributed by atoms with E-state index in [1.54, 1.807) is 6.92 Å². The lowest BCUT2D eigenvalue weighted by atomic mass is 9.98. The molecule has 0 bridgehead atoms. The van der Waals surface area contributed by atoms with E-state index in [-0.39, 0.29) is 18.3 Å². The highest BCUT2D eigenvalue weighted by atomic mass is 35.5. The Kier molecular flexibility index (Phi) is 9.99. The first-order chi connectivity index (χ1) is 12.0. The number of amides is 1. The highest BCUT2D eigenvalue weighted by molar-refractivity contribution is 5.85. The minimum Gasteiger partial charge on any atom is -0.481 e. The third kappa shape index (κ3) is 7.14. The summed E-state index contributed by atoms with van der Waals surface area (Å²) in [6.45, 7) is 14.3. The van der Waals surface area contributed by atoms with Crippen molar-refractivity contribution in [1.29, 1.82) is 0 Å². The van der Waals surface area contributed by atoms with Crippen LogP contribution in [-0.4, -0.2) is 56.2 Å². The molecule has 1 unspecified atom stereocenters. The topological polar surface area (TPSA) is 53.6 Å². The first-order valence-electron chi connectivity index (χ1n) is 9.45. The third-order valence-electron chi connectivity index (χ3n) is 4.71. The van der Waals surface area contributed by atoms with Crippen LogP contribution in [0.1, 0.15) is 44.2 Å². The van der Waals surface area contributed by atoms with Crippen LogP contribution in [0.4, 0.5) is 0 Å². The normalized spacial score (nSPS) is 16.0.